The summed E-state index contributed by atoms with van der Waals surface area (Å²) in [6.45, 7) is 3.56. The number of aryl methyl sites for hydroxylation is 2. The van der Waals surface area contributed by atoms with Gasteiger partial charge >= 0.3 is 11.3 Å². The summed E-state index contributed by atoms with van der Waals surface area (Å²) in [6, 6.07) is 7.19. The predicted octanol–water partition coefficient (Wildman–Crippen LogP) is 7.37. The van der Waals surface area contributed by atoms with Crippen molar-refractivity contribution < 1.29 is 19.0 Å². The summed E-state index contributed by atoms with van der Waals surface area (Å²) in [5.41, 5.74) is 1.28. The molecule has 2 N–H and O–H groups in total. The van der Waals surface area contributed by atoms with Crippen LogP contribution >= 0.6 is 67.4 Å². The molecule has 4 rings (SSSR count). The molecule has 0 aliphatic carbocycles. The second kappa shape index (κ2) is 10.9. The number of aromatic hydroxyl groups is 2. The average Bonchev–Trinajstić information content (AvgIpc) is 2.72. The summed E-state index contributed by atoms with van der Waals surface area (Å²) in [5, 5.41) is 20.6. The van der Waals surface area contributed by atoms with Crippen molar-refractivity contribution in [1.82, 2.24) is 0 Å². The van der Waals surface area contributed by atoms with E-state index in [0.29, 0.717) is 21.0 Å². The highest BCUT2D eigenvalue weighted by atomic mass is 80.9. The zero-order valence-electron chi connectivity index (χ0n) is 15.8. The van der Waals surface area contributed by atoms with Gasteiger partial charge in [0.2, 0.25) is 0 Å². The van der Waals surface area contributed by atoms with Crippen LogP contribution in [0, 0.1) is 13.8 Å². The molecule has 0 radical (unpaired) electrons. The number of benzene rings is 2. The minimum atomic E-state index is -0.471. The molecule has 2 aromatic heterocycles. The molecule has 31 heavy (non-hydrogen) atoms. The standard InChI is InChI=1S/C10H6BrClO3.C10H7ClO3.Br2/c1-4-5-2-6(12)7(13)3-8(5)15-10(14)9(4)11;1-5-2-10(13)14-9-4-8(12)7(11)3-6(5)9;1-2/h2-3,13H,1H3;2-4,12H,1H3;. The van der Waals surface area contributed by atoms with E-state index in [-0.39, 0.29) is 21.5 Å². The van der Waals surface area contributed by atoms with Gasteiger partial charge in [0, 0.05) is 57.2 Å². The van der Waals surface area contributed by atoms with Gasteiger partial charge in [0.25, 0.3) is 0 Å². The topological polar surface area (TPSA) is 101 Å². The smallest absolute Gasteiger partial charge is 0.350 e. The van der Waals surface area contributed by atoms with E-state index >= 15 is 0 Å². The lowest BCUT2D eigenvalue weighted by molar-refractivity contribution is 0.472. The maximum absolute atomic E-state index is 11.3. The maximum Gasteiger partial charge on any atom is 0.350 e. The number of hydrogen-bond acceptors (Lipinski definition) is 6. The van der Waals surface area contributed by atoms with Crippen molar-refractivity contribution in [3.05, 3.63) is 76.8 Å². The molecule has 0 aliphatic rings. The van der Waals surface area contributed by atoms with E-state index in [2.05, 4.69) is 44.2 Å². The Balaban J connectivity index is 0.000000204. The number of phenolic OH excluding ortho intramolecular Hbond substituents is 2. The third kappa shape index (κ3) is 5.84. The van der Waals surface area contributed by atoms with Gasteiger partial charge in [-0.2, -0.15) is 0 Å². The molecular weight excluding hydrogens is 647 g/mol. The number of fused-ring (bicyclic) bond motifs is 2. The van der Waals surface area contributed by atoms with E-state index < -0.39 is 11.3 Å². The molecule has 164 valence electrons. The Morgan fingerprint density at radius 2 is 1.29 bits per heavy atom. The monoisotopic (exact) mass is 656 g/mol. The Morgan fingerprint density at radius 3 is 1.84 bits per heavy atom. The molecule has 0 unspecified atom stereocenters. The molecule has 2 aromatic carbocycles. The van der Waals surface area contributed by atoms with Gasteiger partial charge in [0.1, 0.15) is 27.1 Å². The fourth-order valence-corrected chi connectivity index (χ4v) is 3.29. The number of hydrogen-bond donors (Lipinski definition) is 2. The average molecular weight is 660 g/mol. The van der Waals surface area contributed by atoms with Gasteiger partial charge in [-0.25, -0.2) is 9.59 Å². The SMILES string of the molecule is BrBr.Cc1c(Br)c(=O)oc2cc(O)c(Cl)cc12.Cc1cc(=O)oc2cc(O)c(Cl)cc12. The Hall–Kier alpha value is -1.52. The van der Waals surface area contributed by atoms with E-state index in [1.54, 1.807) is 26.0 Å². The minimum absolute atomic E-state index is 0.0899. The van der Waals surface area contributed by atoms with Crippen molar-refractivity contribution in [1.29, 1.82) is 0 Å². The molecular formula is C20H13Br3Cl2O6. The van der Waals surface area contributed by atoms with Crippen LogP contribution in [0.25, 0.3) is 21.9 Å². The predicted molar refractivity (Wildman–Crippen MR) is 133 cm³/mol. The highest BCUT2D eigenvalue weighted by molar-refractivity contribution is 9.93. The molecule has 0 atom stereocenters. The zero-order chi connectivity index (χ0) is 23.5. The Bertz CT molecular complexity index is 1380. The van der Waals surface area contributed by atoms with Crippen LogP contribution in [0.5, 0.6) is 11.5 Å². The first-order valence-electron chi connectivity index (χ1n) is 8.27. The highest BCUT2D eigenvalue weighted by Crippen LogP contribution is 2.32. The lowest BCUT2D eigenvalue weighted by Crippen LogP contribution is -2.02. The number of phenols is 2. The molecule has 6 nitrogen and oxygen atoms in total. The molecule has 2 heterocycles. The quantitative estimate of drug-likeness (QED) is 0.191. The molecule has 11 heteroatoms. The van der Waals surface area contributed by atoms with Crippen molar-refractivity contribution in [2.75, 3.05) is 0 Å². The van der Waals surface area contributed by atoms with Crippen LogP contribution in [-0.2, 0) is 0 Å². The van der Waals surface area contributed by atoms with E-state index in [0.717, 1.165) is 16.5 Å². The van der Waals surface area contributed by atoms with Crippen molar-refractivity contribution >= 4 is 89.3 Å². The van der Waals surface area contributed by atoms with Crippen molar-refractivity contribution in [2.24, 2.45) is 0 Å². The second-order valence-electron chi connectivity index (χ2n) is 6.18. The van der Waals surface area contributed by atoms with Crippen molar-refractivity contribution in [3.8, 4) is 11.5 Å². The highest BCUT2D eigenvalue weighted by Gasteiger charge is 2.11. The molecule has 0 amide bonds. The minimum Gasteiger partial charge on any atom is -0.506 e. The first-order chi connectivity index (χ1) is 14.6. The van der Waals surface area contributed by atoms with Crippen LogP contribution in [-0.4, -0.2) is 10.2 Å². The fraction of sp³-hybridized carbons (Fsp3) is 0.100. The second-order valence-corrected chi connectivity index (χ2v) is 7.78. The summed E-state index contributed by atoms with van der Waals surface area (Å²) in [5.74, 6) is -0.193. The van der Waals surface area contributed by atoms with Crippen LogP contribution in [0.1, 0.15) is 11.1 Å². The molecule has 0 spiro atoms. The van der Waals surface area contributed by atoms with E-state index in [1.807, 2.05) is 0 Å². The summed E-state index contributed by atoms with van der Waals surface area (Å²) in [4.78, 5) is 22.3. The number of rotatable bonds is 0. The summed E-state index contributed by atoms with van der Waals surface area (Å²) < 4.78 is 10.3. The van der Waals surface area contributed by atoms with Gasteiger partial charge < -0.3 is 19.0 Å². The van der Waals surface area contributed by atoms with Gasteiger partial charge in [-0.15, -0.1) is 0 Å². The first kappa shape index (κ1) is 25.7. The lowest BCUT2D eigenvalue weighted by atomic mass is 10.1. The molecule has 0 saturated heterocycles. The van der Waals surface area contributed by atoms with E-state index in [4.69, 9.17) is 32.0 Å². The Morgan fingerprint density at radius 1 is 0.806 bits per heavy atom. The van der Waals surface area contributed by atoms with Crippen molar-refractivity contribution in [2.45, 2.75) is 13.8 Å². The van der Waals surface area contributed by atoms with E-state index in [9.17, 15) is 19.8 Å². The molecule has 0 bridgehead atoms. The third-order valence-corrected chi connectivity index (χ3v) is 5.71. The van der Waals surface area contributed by atoms with Gasteiger partial charge in [0.05, 0.1) is 10.0 Å². The molecule has 0 fully saturated rings. The Kier molecular flexibility index (Phi) is 9.03. The van der Waals surface area contributed by atoms with Crippen LogP contribution in [0.3, 0.4) is 0 Å². The third-order valence-electron chi connectivity index (χ3n) is 4.18. The molecule has 0 saturated carbocycles. The van der Waals surface area contributed by atoms with Gasteiger partial charge in [-0.05, 0) is 53.0 Å². The molecule has 0 aliphatic heterocycles. The Labute approximate surface area is 209 Å². The maximum atomic E-state index is 11.3. The summed E-state index contributed by atoms with van der Waals surface area (Å²) >= 11 is 20.1. The summed E-state index contributed by atoms with van der Waals surface area (Å²) in [7, 11) is 0. The lowest BCUT2D eigenvalue weighted by Gasteiger charge is -2.04. The largest absolute Gasteiger partial charge is 0.506 e. The van der Waals surface area contributed by atoms with Crippen LogP contribution < -0.4 is 11.3 Å². The van der Waals surface area contributed by atoms with Crippen molar-refractivity contribution in [3.63, 3.8) is 0 Å². The zero-order valence-corrected chi connectivity index (χ0v) is 22.1. The first-order valence-corrected chi connectivity index (χ1v) is 13.5. The fourth-order valence-electron chi connectivity index (χ4n) is 2.66. The van der Waals surface area contributed by atoms with Crippen LogP contribution in [0.15, 0.2) is 53.2 Å². The van der Waals surface area contributed by atoms with Crippen LogP contribution in [0.2, 0.25) is 10.0 Å². The van der Waals surface area contributed by atoms with Crippen LogP contribution in [0.4, 0.5) is 0 Å². The molecule has 4 aromatic rings. The number of halogens is 5. The summed E-state index contributed by atoms with van der Waals surface area (Å²) in [6.07, 6.45) is 0. The normalized spacial score (nSPS) is 10.3. The van der Waals surface area contributed by atoms with Gasteiger partial charge in [-0.1, -0.05) is 23.2 Å². The van der Waals surface area contributed by atoms with E-state index in [1.165, 1.54) is 18.2 Å². The van der Waals surface area contributed by atoms with Gasteiger partial charge in [-0.3, -0.25) is 0 Å². The van der Waals surface area contributed by atoms with Gasteiger partial charge in [0.15, 0.2) is 0 Å².